The number of hydrogen-bond acceptors (Lipinski definition) is 4. The van der Waals surface area contributed by atoms with E-state index in [0.717, 1.165) is 31.2 Å². The SMILES string of the molecule is O=C(NCC1CCOC2(CCN(C(=O)COCc3ccccc3)CC2)C1)c1ccccc1. The van der Waals surface area contributed by atoms with Crippen LogP contribution in [0.5, 0.6) is 0 Å². The maximum absolute atomic E-state index is 12.5. The van der Waals surface area contributed by atoms with E-state index in [2.05, 4.69) is 5.32 Å². The zero-order valence-electron chi connectivity index (χ0n) is 18.5. The predicted octanol–water partition coefficient (Wildman–Crippen LogP) is 3.42. The molecule has 4 rings (SSSR count). The number of nitrogens with one attached hydrogen (secondary N) is 1. The first-order valence-electron chi connectivity index (χ1n) is 11.5. The van der Waals surface area contributed by atoms with Gasteiger partial charge in [0.2, 0.25) is 5.91 Å². The molecule has 0 bridgehead atoms. The molecule has 6 heteroatoms. The second kappa shape index (κ2) is 10.7. The molecule has 1 atom stereocenters. The summed E-state index contributed by atoms with van der Waals surface area (Å²) in [7, 11) is 0. The highest BCUT2D eigenvalue weighted by atomic mass is 16.5. The number of likely N-dealkylation sites (tertiary alicyclic amines) is 1. The van der Waals surface area contributed by atoms with E-state index in [-0.39, 0.29) is 24.0 Å². The van der Waals surface area contributed by atoms with Crippen molar-refractivity contribution in [1.29, 1.82) is 0 Å². The van der Waals surface area contributed by atoms with Crippen LogP contribution in [-0.4, -0.2) is 55.2 Å². The first-order valence-corrected chi connectivity index (χ1v) is 11.5. The molecule has 0 saturated carbocycles. The van der Waals surface area contributed by atoms with E-state index < -0.39 is 0 Å². The fourth-order valence-corrected chi connectivity index (χ4v) is 4.67. The van der Waals surface area contributed by atoms with Crippen molar-refractivity contribution in [2.24, 2.45) is 5.92 Å². The second-order valence-corrected chi connectivity index (χ2v) is 8.83. The topological polar surface area (TPSA) is 67.9 Å². The standard InChI is InChI=1S/C26H32N2O4/c29-24(20-31-19-21-7-3-1-4-8-21)28-14-12-26(13-15-28)17-22(11-16-32-26)18-27-25(30)23-9-5-2-6-10-23/h1-10,22H,11-20H2,(H,27,30). The molecule has 2 aromatic rings. The Balaban J connectivity index is 1.20. The van der Waals surface area contributed by atoms with Gasteiger partial charge in [-0.25, -0.2) is 0 Å². The van der Waals surface area contributed by atoms with E-state index in [9.17, 15) is 9.59 Å². The Kier molecular flexibility index (Phi) is 7.55. The molecule has 6 nitrogen and oxygen atoms in total. The molecule has 1 N–H and O–H groups in total. The number of nitrogens with zero attached hydrogens (tertiary/aromatic N) is 1. The Morgan fingerprint density at radius 1 is 1.03 bits per heavy atom. The van der Waals surface area contributed by atoms with Gasteiger partial charge in [-0.3, -0.25) is 9.59 Å². The third-order valence-corrected chi connectivity index (χ3v) is 6.55. The van der Waals surface area contributed by atoms with Gasteiger partial charge in [0, 0.05) is 31.8 Å². The van der Waals surface area contributed by atoms with Crippen LogP contribution < -0.4 is 5.32 Å². The highest BCUT2D eigenvalue weighted by Crippen LogP contribution is 2.37. The molecule has 2 heterocycles. The molecule has 1 unspecified atom stereocenters. The van der Waals surface area contributed by atoms with Crippen LogP contribution in [-0.2, 0) is 20.9 Å². The summed E-state index contributed by atoms with van der Waals surface area (Å²) in [6.45, 7) is 3.31. The maximum atomic E-state index is 12.5. The van der Waals surface area contributed by atoms with Crippen molar-refractivity contribution in [3.05, 3.63) is 71.8 Å². The van der Waals surface area contributed by atoms with Crippen molar-refractivity contribution in [3.8, 4) is 0 Å². The van der Waals surface area contributed by atoms with Crippen molar-refractivity contribution >= 4 is 11.8 Å². The van der Waals surface area contributed by atoms with E-state index in [1.165, 1.54) is 0 Å². The van der Waals surface area contributed by atoms with Gasteiger partial charge in [0.1, 0.15) is 6.61 Å². The van der Waals surface area contributed by atoms with Gasteiger partial charge in [0.15, 0.2) is 0 Å². The summed E-state index contributed by atoms with van der Waals surface area (Å²) in [5.74, 6) is 0.410. The summed E-state index contributed by atoms with van der Waals surface area (Å²) in [6, 6.07) is 19.2. The van der Waals surface area contributed by atoms with E-state index in [0.29, 0.717) is 44.3 Å². The number of carbonyl (C=O) groups excluding carboxylic acids is 2. The smallest absolute Gasteiger partial charge is 0.251 e. The highest BCUT2D eigenvalue weighted by molar-refractivity contribution is 5.94. The van der Waals surface area contributed by atoms with Gasteiger partial charge in [-0.15, -0.1) is 0 Å². The Morgan fingerprint density at radius 2 is 1.72 bits per heavy atom. The normalized spacial score (nSPS) is 20.1. The lowest BCUT2D eigenvalue weighted by atomic mass is 9.79. The Labute approximate surface area is 189 Å². The number of amides is 2. The Bertz CT molecular complexity index is 879. The fourth-order valence-electron chi connectivity index (χ4n) is 4.67. The van der Waals surface area contributed by atoms with Gasteiger partial charge in [0.05, 0.1) is 12.2 Å². The van der Waals surface area contributed by atoms with Gasteiger partial charge >= 0.3 is 0 Å². The lowest BCUT2D eigenvalue weighted by Gasteiger charge is -2.46. The monoisotopic (exact) mass is 436 g/mol. The summed E-state index contributed by atoms with van der Waals surface area (Å²) in [5, 5.41) is 3.08. The zero-order valence-corrected chi connectivity index (χ0v) is 18.5. The third kappa shape index (κ3) is 5.96. The van der Waals surface area contributed by atoms with E-state index in [4.69, 9.17) is 9.47 Å². The molecule has 2 aliphatic heterocycles. The third-order valence-electron chi connectivity index (χ3n) is 6.55. The lowest BCUT2D eigenvalue weighted by molar-refractivity contribution is -0.150. The van der Waals surface area contributed by atoms with Crippen LogP contribution >= 0.6 is 0 Å². The van der Waals surface area contributed by atoms with Crippen molar-refractivity contribution in [1.82, 2.24) is 10.2 Å². The second-order valence-electron chi connectivity index (χ2n) is 8.83. The zero-order chi connectivity index (χ0) is 22.2. The minimum atomic E-state index is -0.179. The van der Waals surface area contributed by atoms with Crippen molar-refractivity contribution in [2.45, 2.75) is 37.9 Å². The first kappa shape index (κ1) is 22.5. The number of ether oxygens (including phenoxy) is 2. The number of rotatable bonds is 7. The summed E-state index contributed by atoms with van der Waals surface area (Å²) < 4.78 is 11.8. The molecule has 32 heavy (non-hydrogen) atoms. The Morgan fingerprint density at radius 3 is 2.44 bits per heavy atom. The van der Waals surface area contributed by atoms with Gasteiger partial charge < -0.3 is 19.7 Å². The summed E-state index contributed by atoms with van der Waals surface area (Å²) in [6.07, 6.45) is 3.54. The Hall–Kier alpha value is -2.70. The minimum absolute atomic E-state index is 0.0259. The van der Waals surface area contributed by atoms with E-state index in [1.807, 2.05) is 65.6 Å². The van der Waals surface area contributed by atoms with Crippen molar-refractivity contribution < 1.29 is 19.1 Å². The molecule has 170 valence electrons. The highest BCUT2D eigenvalue weighted by Gasteiger charge is 2.41. The van der Waals surface area contributed by atoms with Crippen molar-refractivity contribution in [2.75, 3.05) is 32.8 Å². The van der Waals surface area contributed by atoms with E-state index in [1.54, 1.807) is 0 Å². The average molecular weight is 437 g/mol. The number of hydrogen-bond donors (Lipinski definition) is 1. The minimum Gasteiger partial charge on any atom is -0.375 e. The first-order chi connectivity index (χ1) is 15.6. The van der Waals surface area contributed by atoms with Gasteiger partial charge in [-0.1, -0.05) is 48.5 Å². The summed E-state index contributed by atoms with van der Waals surface area (Å²) in [5.41, 5.74) is 1.58. The largest absolute Gasteiger partial charge is 0.375 e. The molecule has 0 aromatic heterocycles. The molecule has 0 radical (unpaired) electrons. The molecule has 0 aliphatic carbocycles. The van der Waals surface area contributed by atoms with Crippen LogP contribution in [0.15, 0.2) is 60.7 Å². The number of carbonyl (C=O) groups is 2. The van der Waals surface area contributed by atoms with Crippen LogP contribution in [0.3, 0.4) is 0 Å². The fraction of sp³-hybridized carbons (Fsp3) is 0.462. The number of piperidine rings is 1. The quantitative estimate of drug-likeness (QED) is 0.722. The van der Waals surface area contributed by atoms with Crippen molar-refractivity contribution in [3.63, 3.8) is 0 Å². The molecule has 2 saturated heterocycles. The lowest BCUT2D eigenvalue weighted by Crippen LogP contribution is -2.52. The van der Waals surface area contributed by atoms with Crippen LogP contribution in [0.2, 0.25) is 0 Å². The molecule has 2 aromatic carbocycles. The number of benzene rings is 2. The van der Waals surface area contributed by atoms with Gasteiger partial charge in [0.25, 0.3) is 5.91 Å². The molecule has 2 aliphatic rings. The predicted molar refractivity (Wildman–Crippen MR) is 122 cm³/mol. The maximum Gasteiger partial charge on any atom is 0.251 e. The molecular weight excluding hydrogens is 404 g/mol. The van der Waals surface area contributed by atoms with Crippen LogP contribution in [0.1, 0.15) is 41.6 Å². The molecular formula is C26H32N2O4. The van der Waals surface area contributed by atoms with Gasteiger partial charge in [-0.2, -0.15) is 0 Å². The molecule has 2 amide bonds. The van der Waals surface area contributed by atoms with Crippen LogP contribution in [0.4, 0.5) is 0 Å². The summed E-state index contributed by atoms with van der Waals surface area (Å²) in [4.78, 5) is 26.8. The van der Waals surface area contributed by atoms with E-state index >= 15 is 0 Å². The molecule has 2 fully saturated rings. The average Bonchev–Trinajstić information content (AvgIpc) is 2.84. The van der Waals surface area contributed by atoms with Crippen LogP contribution in [0.25, 0.3) is 0 Å². The van der Waals surface area contributed by atoms with Crippen LogP contribution in [0, 0.1) is 5.92 Å². The van der Waals surface area contributed by atoms with Gasteiger partial charge in [-0.05, 0) is 49.3 Å². The summed E-state index contributed by atoms with van der Waals surface area (Å²) >= 11 is 0. The molecule has 1 spiro atoms.